The summed E-state index contributed by atoms with van der Waals surface area (Å²) in [5.74, 6) is -6.15. The number of carboxylic acid groups (broad SMARTS) is 3. The minimum absolute atomic E-state index is 0. The van der Waals surface area contributed by atoms with Crippen LogP contribution >= 0.6 is 0 Å². The number of hydrogen-bond acceptors (Lipinski definition) is 15. The fraction of sp³-hybridized carbons (Fsp3) is 0. The molecule has 0 atom stereocenters. The number of aromatic carboxylic acids is 3. The SMILES string of the molecule is Nc1ccc2cc(S(=O)(=O)[O-])c(N=Nc3ccc(-c4ccc(N=Nc5ccc(O)c(C(=O)[O-])c5)c(C(=O)[O-])c4)cc3C(=O)O)c(O)c2c1.[Na+].[Na+].[Na+].[Na+]. The number of rotatable bonds is 9. The zero-order valence-corrected chi connectivity index (χ0v) is 36.7. The number of benzene rings is 5. The third-order valence-electron chi connectivity index (χ3n) is 6.85. The van der Waals surface area contributed by atoms with Crippen molar-refractivity contribution in [1.29, 1.82) is 0 Å². The summed E-state index contributed by atoms with van der Waals surface area (Å²) in [4.78, 5) is 34.3. The average Bonchev–Trinajstić information content (AvgIpc) is 3.03. The van der Waals surface area contributed by atoms with Gasteiger partial charge in [0, 0.05) is 22.2 Å². The number of carbonyl (C=O) groups is 3. The number of nitrogens with two attached hydrogens (primary N) is 1. The van der Waals surface area contributed by atoms with Gasteiger partial charge in [0.25, 0.3) is 0 Å². The molecule has 0 heterocycles. The molecule has 52 heavy (non-hydrogen) atoms. The van der Waals surface area contributed by atoms with Gasteiger partial charge in [0.2, 0.25) is 0 Å². The monoisotopic (exact) mass is 760 g/mol. The van der Waals surface area contributed by atoms with E-state index in [-0.39, 0.29) is 163 Å². The molecule has 5 aromatic rings. The van der Waals surface area contributed by atoms with Crippen LogP contribution in [0.1, 0.15) is 31.1 Å². The number of azo groups is 2. The maximum absolute atomic E-state index is 12.2. The molecule has 0 unspecified atom stereocenters. The number of hydrogen-bond donors (Lipinski definition) is 4. The van der Waals surface area contributed by atoms with Gasteiger partial charge in [0.1, 0.15) is 27.2 Å². The van der Waals surface area contributed by atoms with Crippen molar-refractivity contribution in [1.82, 2.24) is 0 Å². The summed E-state index contributed by atoms with van der Waals surface area (Å²) in [7, 11) is -5.19. The van der Waals surface area contributed by atoms with Crippen LogP contribution in [0.4, 0.5) is 28.4 Å². The second-order valence-electron chi connectivity index (χ2n) is 9.95. The molecule has 0 amide bonds. The third-order valence-corrected chi connectivity index (χ3v) is 7.70. The van der Waals surface area contributed by atoms with Crippen molar-refractivity contribution in [2.24, 2.45) is 20.5 Å². The van der Waals surface area contributed by atoms with E-state index >= 15 is 0 Å². The Labute approximate surface area is 382 Å². The number of fused-ring (bicyclic) bond motifs is 1. The van der Waals surface area contributed by atoms with E-state index in [1.807, 2.05) is 0 Å². The molecule has 5 rings (SSSR count). The average molecular weight is 761 g/mol. The maximum Gasteiger partial charge on any atom is 1.00 e. The normalized spacial score (nSPS) is 10.9. The van der Waals surface area contributed by atoms with E-state index in [1.54, 1.807) is 0 Å². The molecule has 0 spiro atoms. The molecule has 0 bridgehead atoms. The van der Waals surface area contributed by atoms with Crippen LogP contribution in [0.25, 0.3) is 21.9 Å². The van der Waals surface area contributed by atoms with Crippen LogP contribution in [0.15, 0.2) is 104 Å². The molecule has 0 saturated carbocycles. The topological polar surface area (TPSA) is 291 Å². The van der Waals surface area contributed by atoms with Crippen molar-refractivity contribution in [2.45, 2.75) is 4.90 Å². The van der Waals surface area contributed by atoms with E-state index in [1.165, 1.54) is 48.5 Å². The van der Waals surface area contributed by atoms with Gasteiger partial charge in [-0.25, -0.2) is 13.2 Å². The Bertz CT molecular complexity index is 2380. The summed E-state index contributed by atoms with van der Waals surface area (Å²) in [6.45, 7) is 0. The first-order valence-corrected chi connectivity index (χ1v) is 14.7. The van der Waals surface area contributed by atoms with E-state index in [0.717, 1.165) is 30.3 Å². The molecule has 5 aromatic carbocycles. The largest absolute Gasteiger partial charge is 1.00 e. The molecule has 0 aliphatic rings. The molecule has 16 nitrogen and oxygen atoms in total. The van der Waals surface area contributed by atoms with Gasteiger partial charge in [-0.2, -0.15) is 5.11 Å². The van der Waals surface area contributed by atoms with Gasteiger partial charge in [-0.3, -0.25) is 0 Å². The Kier molecular flexibility index (Phi) is 17.8. The number of nitrogen functional groups attached to an aromatic ring is 1. The van der Waals surface area contributed by atoms with Crippen molar-refractivity contribution < 1.29 is 171 Å². The summed E-state index contributed by atoms with van der Waals surface area (Å²) in [5.41, 5.74) is 3.54. The van der Waals surface area contributed by atoms with Crippen molar-refractivity contribution in [3.05, 3.63) is 95.6 Å². The molecule has 0 aliphatic carbocycles. The Hall–Kier alpha value is -2.72. The predicted molar refractivity (Wildman–Crippen MR) is 162 cm³/mol. The summed E-state index contributed by atoms with van der Waals surface area (Å²) in [6, 6.07) is 15.7. The van der Waals surface area contributed by atoms with E-state index in [2.05, 4.69) is 20.5 Å². The van der Waals surface area contributed by atoms with Crippen LogP contribution in [-0.2, 0) is 10.1 Å². The molecule has 21 heteroatoms. The summed E-state index contributed by atoms with van der Waals surface area (Å²) in [5, 5.41) is 68.7. The number of carboxylic acids is 3. The zero-order valence-electron chi connectivity index (χ0n) is 27.9. The Morgan fingerprint density at radius 3 is 1.77 bits per heavy atom. The van der Waals surface area contributed by atoms with Crippen LogP contribution in [0.2, 0.25) is 0 Å². The molecule has 242 valence electrons. The maximum atomic E-state index is 12.2. The molecule has 0 aromatic heterocycles. The minimum Gasteiger partial charge on any atom is -0.744 e. The number of phenols is 2. The fourth-order valence-electron chi connectivity index (χ4n) is 4.55. The van der Waals surface area contributed by atoms with Gasteiger partial charge < -0.3 is 45.4 Å². The predicted octanol–water partition coefficient (Wildman–Crippen LogP) is -8.32. The van der Waals surface area contributed by atoms with E-state index in [4.69, 9.17) is 5.73 Å². The van der Waals surface area contributed by atoms with Crippen molar-refractivity contribution in [3.8, 4) is 22.6 Å². The summed E-state index contributed by atoms with van der Waals surface area (Å²) >= 11 is 0. The number of aromatic hydroxyl groups is 2. The van der Waals surface area contributed by atoms with Crippen molar-refractivity contribution in [3.63, 3.8) is 0 Å². The zero-order chi connectivity index (χ0) is 34.9. The standard InChI is InChI=1S/C31H21N5O11S.4Na/c32-17-4-1-16-11-26(48(45,46)47)27(28(38)19(16)12-17)36-35-24-7-3-15(10-21(24)30(41)42)14-2-6-23(20(9-14)29(39)40)34-33-18-5-8-25(37)22(13-18)31(43)44;;;;/h1-13,37-38H,32H2,(H,39,40)(H,41,42)(H,43,44)(H,45,46,47);;;;/q;4*+1/p-3. The Morgan fingerprint density at radius 2 is 1.21 bits per heavy atom. The van der Waals surface area contributed by atoms with E-state index < -0.39 is 66.8 Å². The number of carbonyl (C=O) groups excluding carboxylic acids is 2. The van der Waals surface area contributed by atoms with Gasteiger partial charge in [-0.15, -0.1) is 15.3 Å². The molecule has 0 radical (unpaired) electrons. The second kappa shape index (κ2) is 19.6. The molecule has 0 aliphatic heterocycles. The summed E-state index contributed by atoms with van der Waals surface area (Å²) < 4.78 is 36.0. The smallest absolute Gasteiger partial charge is 0.744 e. The second-order valence-corrected chi connectivity index (χ2v) is 11.3. The van der Waals surface area contributed by atoms with Gasteiger partial charge >= 0.3 is 124 Å². The number of phenolic OH excluding ortho intramolecular Hbond substituents is 1. The Morgan fingerprint density at radius 1 is 0.654 bits per heavy atom. The van der Waals surface area contributed by atoms with Crippen molar-refractivity contribution in [2.75, 3.05) is 5.73 Å². The van der Waals surface area contributed by atoms with Gasteiger partial charge in [-0.1, -0.05) is 18.2 Å². The first-order chi connectivity index (χ1) is 22.6. The molecule has 0 saturated heterocycles. The van der Waals surface area contributed by atoms with Crippen LogP contribution in [-0.4, -0.2) is 46.2 Å². The third kappa shape index (κ3) is 10.7. The van der Waals surface area contributed by atoms with Crippen LogP contribution < -0.4 is 134 Å². The van der Waals surface area contributed by atoms with E-state index in [0.29, 0.717) is 0 Å². The molecular weight excluding hydrogens is 742 g/mol. The van der Waals surface area contributed by atoms with Crippen LogP contribution in [0, 0.1) is 0 Å². The van der Waals surface area contributed by atoms with Crippen LogP contribution in [0.3, 0.4) is 0 Å². The van der Waals surface area contributed by atoms with Gasteiger partial charge in [0.15, 0.2) is 5.75 Å². The first kappa shape index (κ1) is 47.3. The number of anilines is 1. The minimum atomic E-state index is -5.19. The first-order valence-electron chi connectivity index (χ1n) is 13.3. The Balaban J connectivity index is 0.00000338. The molecule has 0 fully saturated rings. The molecular formula is C31H18N5Na4O11S+. The van der Waals surface area contributed by atoms with E-state index in [9.17, 15) is 52.9 Å². The van der Waals surface area contributed by atoms with Gasteiger partial charge in [-0.05, 0) is 77.2 Å². The van der Waals surface area contributed by atoms with Crippen LogP contribution in [0.5, 0.6) is 11.5 Å². The quantitative estimate of drug-likeness (QED) is 0.0472. The summed E-state index contributed by atoms with van der Waals surface area (Å²) in [6.07, 6.45) is 0. The van der Waals surface area contributed by atoms with Crippen molar-refractivity contribution >= 4 is 67.2 Å². The van der Waals surface area contributed by atoms with Gasteiger partial charge in [0.05, 0.1) is 33.8 Å². The number of nitrogens with zero attached hydrogens (tertiary/aromatic N) is 4. The molecule has 5 N–H and O–H groups in total. The fourth-order valence-corrected chi connectivity index (χ4v) is 5.20.